The minimum atomic E-state index is -0.165. The third-order valence-electron chi connectivity index (χ3n) is 5.43. The fourth-order valence-corrected chi connectivity index (χ4v) is 4.11. The molecule has 0 spiro atoms. The van der Waals surface area contributed by atoms with Gasteiger partial charge in [0.1, 0.15) is 0 Å². The van der Waals surface area contributed by atoms with Crippen molar-refractivity contribution in [2.24, 2.45) is 0 Å². The van der Waals surface area contributed by atoms with E-state index in [-0.39, 0.29) is 23.9 Å². The van der Waals surface area contributed by atoms with Gasteiger partial charge >= 0.3 is 0 Å². The van der Waals surface area contributed by atoms with Crippen LogP contribution in [0.3, 0.4) is 0 Å². The van der Waals surface area contributed by atoms with Crippen molar-refractivity contribution in [1.82, 2.24) is 10.6 Å². The number of hydrogen-bond donors (Lipinski definition) is 2. The molecule has 2 atom stereocenters. The molecule has 1 fully saturated rings. The summed E-state index contributed by atoms with van der Waals surface area (Å²) in [6, 6.07) is 16.0. The topological polar surface area (TPSA) is 58.2 Å². The molecule has 2 aromatic rings. The molecule has 0 saturated carbocycles. The first-order chi connectivity index (χ1) is 12.7. The number of amides is 2. The Labute approximate surface area is 154 Å². The van der Waals surface area contributed by atoms with Crippen molar-refractivity contribution in [2.75, 3.05) is 0 Å². The maximum atomic E-state index is 12.6. The van der Waals surface area contributed by atoms with Gasteiger partial charge < -0.3 is 10.6 Å². The third kappa shape index (κ3) is 3.64. The average Bonchev–Trinajstić information content (AvgIpc) is 3.11. The molecule has 4 heteroatoms. The van der Waals surface area contributed by atoms with Gasteiger partial charge in [0, 0.05) is 6.42 Å². The highest BCUT2D eigenvalue weighted by molar-refractivity contribution is 5.81. The highest BCUT2D eigenvalue weighted by Crippen LogP contribution is 2.25. The van der Waals surface area contributed by atoms with Gasteiger partial charge in [-0.05, 0) is 47.9 Å². The fraction of sp³-hybridized carbons (Fsp3) is 0.364. The second-order valence-electron chi connectivity index (χ2n) is 7.30. The normalized spacial score (nSPS) is 21.8. The SMILES string of the molecule is O=C1CC[C@@H](NC(=O)Cc2ccc3c(c2)CCC3)[C@@H](c2ccccc2)N1. The molecule has 26 heavy (non-hydrogen) atoms. The van der Waals surface area contributed by atoms with E-state index in [2.05, 4.69) is 28.8 Å². The van der Waals surface area contributed by atoms with Gasteiger partial charge in [0.05, 0.1) is 18.5 Å². The smallest absolute Gasteiger partial charge is 0.224 e. The van der Waals surface area contributed by atoms with E-state index in [4.69, 9.17) is 0 Å². The molecule has 2 aromatic carbocycles. The number of aryl methyl sites for hydroxylation is 2. The second-order valence-corrected chi connectivity index (χ2v) is 7.30. The zero-order valence-electron chi connectivity index (χ0n) is 14.8. The summed E-state index contributed by atoms with van der Waals surface area (Å²) in [4.78, 5) is 24.5. The van der Waals surface area contributed by atoms with Crippen LogP contribution in [0.4, 0.5) is 0 Å². The van der Waals surface area contributed by atoms with Crippen molar-refractivity contribution in [3.8, 4) is 0 Å². The standard InChI is InChI=1S/C22H24N2O2/c25-20-12-11-19(22(24-20)17-5-2-1-3-6-17)23-21(26)14-15-9-10-16-7-4-8-18(16)13-15/h1-3,5-6,9-10,13,19,22H,4,7-8,11-12,14H2,(H,23,26)(H,24,25)/t19-,22-/m1/s1. The van der Waals surface area contributed by atoms with Crippen LogP contribution in [-0.2, 0) is 28.9 Å². The van der Waals surface area contributed by atoms with Crippen molar-refractivity contribution < 1.29 is 9.59 Å². The number of nitrogens with one attached hydrogen (secondary N) is 2. The summed E-state index contributed by atoms with van der Waals surface area (Å²) in [5, 5.41) is 6.18. The van der Waals surface area contributed by atoms with Crippen LogP contribution < -0.4 is 10.6 Å². The quantitative estimate of drug-likeness (QED) is 0.893. The lowest BCUT2D eigenvalue weighted by atomic mass is 9.91. The molecule has 134 valence electrons. The minimum Gasteiger partial charge on any atom is -0.351 e. The van der Waals surface area contributed by atoms with Crippen molar-refractivity contribution in [3.63, 3.8) is 0 Å². The van der Waals surface area contributed by atoms with Crippen molar-refractivity contribution in [1.29, 1.82) is 0 Å². The van der Waals surface area contributed by atoms with Crippen LogP contribution in [0.2, 0.25) is 0 Å². The monoisotopic (exact) mass is 348 g/mol. The van der Waals surface area contributed by atoms with Crippen LogP contribution in [-0.4, -0.2) is 17.9 Å². The van der Waals surface area contributed by atoms with E-state index in [9.17, 15) is 9.59 Å². The largest absolute Gasteiger partial charge is 0.351 e. The van der Waals surface area contributed by atoms with E-state index in [1.165, 1.54) is 17.5 Å². The molecular formula is C22H24N2O2. The summed E-state index contributed by atoms with van der Waals surface area (Å²) in [6.07, 6.45) is 5.00. The summed E-state index contributed by atoms with van der Waals surface area (Å²) in [7, 11) is 0. The number of carbonyl (C=O) groups is 2. The van der Waals surface area contributed by atoms with E-state index >= 15 is 0 Å². The van der Waals surface area contributed by atoms with Crippen LogP contribution in [0.25, 0.3) is 0 Å². The number of hydrogen-bond acceptors (Lipinski definition) is 2. The molecule has 4 nitrogen and oxygen atoms in total. The maximum Gasteiger partial charge on any atom is 0.224 e. The molecule has 2 amide bonds. The number of carbonyl (C=O) groups excluding carboxylic acids is 2. The van der Waals surface area contributed by atoms with E-state index in [0.29, 0.717) is 19.3 Å². The van der Waals surface area contributed by atoms with E-state index < -0.39 is 0 Å². The second kappa shape index (κ2) is 7.32. The summed E-state index contributed by atoms with van der Waals surface area (Å²) in [6.45, 7) is 0. The van der Waals surface area contributed by atoms with Gasteiger partial charge in [-0.2, -0.15) is 0 Å². The van der Waals surface area contributed by atoms with Gasteiger partial charge in [0.2, 0.25) is 11.8 Å². The maximum absolute atomic E-state index is 12.6. The molecule has 0 radical (unpaired) electrons. The molecule has 4 rings (SSSR count). The first-order valence-corrected chi connectivity index (χ1v) is 9.43. The summed E-state index contributed by atoms with van der Waals surface area (Å²) >= 11 is 0. The lowest BCUT2D eigenvalue weighted by Crippen LogP contribution is -2.50. The van der Waals surface area contributed by atoms with Crippen LogP contribution in [0.15, 0.2) is 48.5 Å². The van der Waals surface area contributed by atoms with Crippen LogP contribution >= 0.6 is 0 Å². The molecule has 2 aliphatic rings. The molecule has 2 N–H and O–H groups in total. The van der Waals surface area contributed by atoms with Gasteiger partial charge in [-0.15, -0.1) is 0 Å². The molecule has 1 saturated heterocycles. The first-order valence-electron chi connectivity index (χ1n) is 9.43. The van der Waals surface area contributed by atoms with Crippen LogP contribution in [0, 0.1) is 0 Å². The Morgan fingerprint density at radius 3 is 2.69 bits per heavy atom. The fourth-order valence-electron chi connectivity index (χ4n) is 4.11. The van der Waals surface area contributed by atoms with E-state index in [1.54, 1.807) is 0 Å². The molecular weight excluding hydrogens is 324 g/mol. The molecule has 0 aromatic heterocycles. The lowest BCUT2D eigenvalue weighted by Gasteiger charge is -2.33. The molecule has 0 unspecified atom stereocenters. The predicted molar refractivity (Wildman–Crippen MR) is 101 cm³/mol. The van der Waals surface area contributed by atoms with Gasteiger partial charge in [0.15, 0.2) is 0 Å². The van der Waals surface area contributed by atoms with Crippen molar-refractivity contribution in [3.05, 3.63) is 70.8 Å². The van der Waals surface area contributed by atoms with Gasteiger partial charge in [-0.1, -0.05) is 48.5 Å². The summed E-state index contributed by atoms with van der Waals surface area (Å²) < 4.78 is 0. The number of rotatable bonds is 4. The van der Waals surface area contributed by atoms with Crippen LogP contribution in [0.5, 0.6) is 0 Å². The highest BCUT2D eigenvalue weighted by atomic mass is 16.2. The molecule has 0 bridgehead atoms. The Balaban J connectivity index is 1.44. The highest BCUT2D eigenvalue weighted by Gasteiger charge is 2.30. The van der Waals surface area contributed by atoms with Gasteiger partial charge in [-0.25, -0.2) is 0 Å². The van der Waals surface area contributed by atoms with Gasteiger partial charge in [0.25, 0.3) is 0 Å². The van der Waals surface area contributed by atoms with E-state index in [1.807, 2.05) is 30.3 Å². The van der Waals surface area contributed by atoms with Crippen molar-refractivity contribution >= 4 is 11.8 Å². The van der Waals surface area contributed by atoms with Gasteiger partial charge in [-0.3, -0.25) is 9.59 Å². The van der Waals surface area contributed by atoms with Crippen molar-refractivity contribution in [2.45, 2.75) is 50.6 Å². The zero-order valence-corrected chi connectivity index (χ0v) is 14.8. The number of benzene rings is 2. The lowest BCUT2D eigenvalue weighted by molar-refractivity contribution is -0.126. The Kier molecular flexibility index (Phi) is 4.74. The van der Waals surface area contributed by atoms with Crippen LogP contribution in [0.1, 0.15) is 47.6 Å². The minimum absolute atomic E-state index is 0.0185. The number of fused-ring (bicyclic) bond motifs is 1. The Morgan fingerprint density at radius 2 is 1.85 bits per heavy atom. The Bertz CT molecular complexity index is 816. The summed E-state index contributed by atoms with van der Waals surface area (Å²) in [5.74, 6) is 0.0630. The molecule has 1 aliphatic heterocycles. The summed E-state index contributed by atoms with van der Waals surface area (Å²) in [5.41, 5.74) is 4.92. The third-order valence-corrected chi connectivity index (χ3v) is 5.43. The first kappa shape index (κ1) is 16.8. The predicted octanol–water partition coefficient (Wildman–Crippen LogP) is 2.85. The zero-order chi connectivity index (χ0) is 17.9. The average molecular weight is 348 g/mol. The Morgan fingerprint density at radius 1 is 1.04 bits per heavy atom. The van der Waals surface area contributed by atoms with E-state index in [0.717, 1.165) is 24.0 Å². The number of piperidine rings is 1. The molecule has 1 aliphatic carbocycles. The molecule has 1 heterocycles. The Hall–Kier alpha value is -2.62.